The number of unbranched alkanes of at least 4 members (excludes halogenated alkanes) is 2. The average molecular weight is 323 g/mol. The summed E-state index contributed by atoms with van der Waals surface area (Å²) in [6.45, 7) is 14.0. The second-order valence-electron chi connectivity index (χ2n) is 6.87. The summed E-state index contributed by atoms with van der Waals surface area (Å²) in [7, 11) is 0. The monoisotopic (exact) mass is 322 g/mol. The zero-order chi connectivity index (χ0) is 18.0. The second kappa shape index (κ2) is 10.6. The van der Waals surface area contributed by atoms with Gasteiger partial charge in [0, 0.05) is 11.3 Å². The molecule has 0 saturated carbocycles. The third-order valence-corrected chi connectivity index (χ3v) is 4.01. The smallest absolute Gasteiger partial charge is 0.145 e. The minimum atomic E-state index is -0.363. The van der Waals surface area contributed by atoms with Crippen LogP contribution in [0.15, 0.2) is 18.2 Å². The van der Waals surface area contributed by atoms with Crippen LogP contribution in [0.3, 0.4) is 0 Å². The Hall–Kier alpha value is -1.18. The van der Waals surface area contributed by atoms with Crippen LogP contribution in [0.2, 0.25) is 0 Å². The average Bonchev–Trinajstić information content (AvgIpc) is 2.53. The molecule has 1 rings (SSSR count). The Morgan fingerprint density at radius 3 is 2.22 bits per heavy atom. The van der Waals surface area contributed by atoms with Crippen LogP contribution >= 0.6 is 0 Å². The largest absolute Gasteiger partial charge is 0.298 e. The topological polar surface area (TPSA) is 17.1 Å². The molecule has 1 aromatic carbocycles. The Kier molecular flexibility index (Phi) is 10.0. The fraction of sp³-hybridized carbons (Fsp3) is 0.667. The molecule has 132 valence electrons. The van der Waals surface area contributed by atoms with Crippen LogP contribution in [0, 0.1) is 11.2 Å². The fourth-order valence-corrected chi connectivity index (χ4v) is 2.65. The predicted molar refractivity (Wildman–Crippen MR) is 98.5 cm³/mol. The lowest BCUT2D eigenvalue weighted by Crippen LogP contribution is -2.27. The van der Waals surface area contributed by atoms with Gasteiger partial charge in [0.05, 0.1) is 0 Å². The summed E-state index contributed by atoms with van der Waals surface area (Å²) in [4.78, 5) is 12.8. The number of halogens is 1. The second-order valence-corrected chi connectivity index (χ2v) is 6.87. The highest BCUT2D eigenvalue weighted by molar-refractivity contribution is 5.90. The lowest BCUT2D eigenvalue weighted by molar-refractivity contribution is -0.128. The minimum Gasteiger partial charge on any atom is -0.298 e. The van der Waals surface area contributed by atoms with Gasteiger partial charge in [-0.2, -0.15) is 0 Å². The molecule has 1 unspecified atom stereocenters. The molecular weight excluding hydrogens is 287 g/mol. The van der Waals surface area contributed by atoms with Gasteiger partial charge in [-0.25, -0.2) is 4.39 Å². The van der Waals surface area contributed by atoms with Crippen molar-refractivity contribution in [2.75, 3.05) is 0 Å². The SMILES string of the molecule is CC.CCCCCC(C(=O)C(C)(C)C)c1ccc(F)c(CC)c1. The molecule has 0 amide bonds. The van der Waals surface area contributed by atoms with E-state index in [0.29, 0.717) is 12.0 Å². The molecule has 2 heteroatoms. The number of aryl methyl sites for hydroxylation is 1. The summed E-state index contributed by atoms with van der Waals surface area (Å²) in [6, 6.07) is 5.18. The zero-order valence-electron chi connectivity index (χ0n) is 16.1. The molecular formula is C21H35FO. The maximum Gasteiger partial charge on any atom is 0.145 e. The number of carbonyl (C=O) groups is 1. The van der Waals surface area contributed by atoms with Gasteiger partial charge < -0.3 is 0 Å². The lowest BCUT2D eigenvalue weighted by Gasteiger charge is -2.25. The molecule has 0 N–H and O–H groups in total. The number of rotatable bonds is 7. The maximum absolute atomic E-state index is 13.7. The minimum absolute atomic E-state index is 0.109. The van der Waals surface area contributed by atoms with Crippen LogP contribution in [0.5, 0.6) is 0 Å². The van der Waals surface area contributed by atoms with E-state index in [4.69, 9.17) is 0 Å². The third-order valence-electron chi connectivity index (χ3n) is 4.01. The van der Waals surface area contributed by atoms with Gasteiger partial charge in [-0.3, -0.25) is 4.79 Å². The number of benzene rings is 1. The summed E-state index contributed by atoms with van der Waals surface area (Å²) in [5.41, 5.74) is 1.32. The first-order valence-corrected chi connectivity index (χ1v) is 9.13. The van der Waals surface area contributed by atoms with Gasteiger partial charge in [0.1, 0.15) is 11.6 Å². The summed E-state index contributed by atoms with van der Waals surface area (Å²) in [5.74, 6) is -0.0218. The van der Waals surface area contributed by atoms with Gasteiger partial charge in [0.2, 0.25) is 0 Å². The molecule has 0 aliphatic carbocycles. The van der Waals surface area contributed by atoms with Crippen molar-refractivity contribution < 1.29 is 9.18 Å². The number of carbonyl (C=O) groups excluding carboxylic acids is 1. The van der Waals surface area contributed by atoms with Gasteiger partial charge in [-0.05, 0) is 30.0 Å². The summed E-state index contributed by atoms with van der Waals surface area (Å²) >= 11 is 0. The van der Waals surface area contributed by atoms with Crippen molar-refractivity contribution in [3.8, 4) is 0 Å². The first-order chi connectivity index (χ1) is 10.8. The van der Waals surface area contributed by atoms with Crippen LogP contribution in [0.25, 0.3) is 0 Å². The molecule has 0 fully saturated rings. The van der Waals surface area contributed by atoms with Crippen molar-refractivity contribution in [3.63, 3.8) is 0 Å². The van der Waals surface area contributed by atoms with Crippen molar-refractivity contribution in [1.82, 2.24) is 0 Å². The van der Waals surface area contributed by atoms with E-state index in [9.17, 15) is 9.18 Å². The van der Waals surface area contributed by atoms with E-state index >= 15 is 0 Å². The van der Waals surface area contributed by atoms with Gasteiger partial charge in [-0.15, -0.1) is 0 Å². The molecule has 0 saturated heterocycles. The highest BCUT2D eigenvalue weighted by Crippen LogP contribution is 2.32. The predicted octanol–water partition coefficient (Wildman–Crippen LogP) is 6.69. The molecule has 1 aromatic rings. The quantitative estimate of drug-likeness (QED) is 0.511. The molecule has 0 spiro atoms. The fourth-order valence-electron chi connectivity index (χ4n) is 2.65. The van der Waals surface area contributed by atoms with E-state index in [1.54, 1.807) is 6.07 Å². The first-order valence-electron chi connectivity index (χ1n) is 9.13. The molecule has 23 heavy (non-hydrogen) atoms. The Morgan fingerprint density at radius 2 is 1.74 bits per heavy atom. The van der Waals surface area contributed by atoms with Crippen molar-refractivity contribution in [2.24, 2.45) is 5.41 Å². The number of hydrogen-bond donors (Lipinski definition) is 0. The Morgan fingerprint density at radius 1 is 1.13 bits per heavy atom. The molecule has 0 heterocycles. The Labute approximate surface area is 142 Å². The number of hydrogen-bond acceptors (Lipinski definition) is 1. The summed E-state index contributed by atoms with van der Waals surface area (Å²) in [6.07, 6.45) is 4.83. The normalized spacial score (nSPS) is 12.3. The molecule has 0 aromatic heterocycles. The van der Waals surface area contributed by atoms with Gasteiger partial charge in [0.15, 0.2) is 0 Å². The Balaban J connectivity index is 0.00000232. The van der Waals surface area contributed by atoms with Crippen molar-refractivity contribution >= 4 is 5.78 Å². The summed E-state index contributed by atoms with van der Waals surface area (Å²) in [5, 5.41) is 0. The van der Waals surface area contributed by atoms with E-state index in [1.165, 1.54) is 6.07 Å². The van der Waals surface area contributed by atoms with E-state index in [0.717, 1.165) is 31.2 Å². The van der Waals surface area contributed by atoms with Crippen molar-refractivity contribution in [1.29, 1.82) is 0 Å². The maximum atomic E-state index is 13.7. The zero-order valence-corrected chi connectivity index (χ0v) is 16.1. The van der Waals surface area contributed by atoms with Crippen molar-refractivity contribution in [2.45, 2.75) is 86.5 Å². The Bertz CT molecular complexity index is 471. The third kappa shape index (κ3) is 6.85. The highest BCUT2D eigenvalue weighted by atomic mass is 19.1. The first kappa shape index (κ1) is 21.8. The van der Waals surface area contributed by atoms with E-state index < -0.39 is 0 Å². The van der Waals surface area contributed by atoms with Crippen molar-refractivity contribution in [3.05, 3.63) is 35.1 Å². The van der Waals surface area contributed by atoms with Gasteiger partial charge in [-0.1, -0.05) is 79.9 Å². The van der Waals surface area contributed by atoms with Gasteiger partial charge >= 0.3 is 0 Å². The van der Waals surface area contributed by atoms with E-state index in [2.05, 4.69) is 6.92 Å². The molecule has 0 aliphatic heterocycles. The number of ketones is 1. The van der Waals surface area contributed by atoms with Crippen LogP contribution < -0.4 is 0 Å². The van der Waals surface area contributed by atoms with Crippen LogP contribution in [-0.4, -0.2) is 5.78 Å². The van der Waals surface area contributed by atoms with E-state index in [1.807, 2.05) is 47.6 Å². The van der Waals surface area contributed by atoms with Crippen LogP contribution in [0.4, 0.5) is 4.39 Å². The number of Topliss-reactive ketones (excluding diaryl/α,β-unsaturated/α-hetero) is 1. The molecule has 0 bridgehead atoms. The van der Waals surface area contributed by atoms with E-state index in [-0.39, 0.29) is 22.9 Å². The van der Waals surface area contributed by atoms with Gasteiger partial charge in [0.25, 0.3) is 0 Å². The summed E-state index contributed by atoms with van der Waals surface area (Å²) < 4.78 is 13.7. The molecule has 0 aliphatic rings. The van der Waals surface area contributed by atoms with Crippen LogP contribution in [-0.2, 0) is 11.2 Å². The standard InChI is InChI=1S/C19H29FO.C2H6/c1-6-8-9-10-16(18(21)19(3,4)5)15-11-12-17(20)14(7-2)13-15;1-2/h11-13,16H,6-10H2,1-5H3;1-2H3. The molecule has 1 atom stereocenters. The molecule has 0 radical (unpaired) electrons. The highest BCUT2D eigenvalue weighted by Gasteiger charge is 2.30. The van der Waals surface area contributed by atoms with Crippen LogP contribution in [0.1, 0.15) is 91.2 Å². The molecule has 1 nitrogen and oxygen atoms in total. The lowest BCUT2D eigenvalue weighted by atomic mass is 9.77.